The Morgan fingerprint density at radius 3 is 2.36 bits per heavy atom. The molecule has 1 aromatic rings. The third kappa shape index (κ3) is 6.38. The fraction of sp³-hybridized carbons (Fsp3) is 0.417. The number of carbonyl (C=O) groups is 1. The van der Waals surface area contributed by atoms with Crippen LogP contribution in [0.25, 0.3) is 0 Å². The van der Waals surface area contributed by atoms with Crippen LogP contribution >= 0.6 is 0 Å². The zero-order chi connectivity index (χ0) is 19.3. The average molecular weight is 396 g/mol. The Hall–Kier alpha value is -2.09. The van der Waals surface area contributed by atoms with Crippen LogP contribution in [0.3, 0.4) is 0 Å². The largest absolute Gasteiger partial charge is 0.481 e. The number of benzene rings is 1. The van der Waals surface area contributed by atoms with Crippen LogP contribution in [-0.2, 0) is 29.1 Å². The molecule has 0 fully saturated rings. The Labute approximate surface area is 144 Å². The second-order valence-electron chi connectivity index (χ2n) is 4.80. The third-order valence-corrected chi connectivity index (χ3v) is 5.43. The number of para-hydroxylation sites is 1. The predicted molar refractivity (Wildman–Crippen MR) is 84.9 cm³/mol. The molecule has 0 aliphatic carbocycles. The van der Waals surface area contributed by atoms with E-state index in [9.17, 15) is 31.7 Å². The lowest BCUT2D eigenvalue weighted by Crippen LogP contribution is -2.36. The first-order valence-electron chi connectivity index (χ1n) is 6.75. The van der Waals surface area contributed by atoms with Gasteiger partial charge in [-0.05, 0) is 6.07 Å². The topological polar surface area (TPSA) is 161 Å². The number of nitro groups is 1. The lowest BCUT2D eigenvalue weighted by molar-refractivity contribution is -0.387. The molecular formula is C12H16N2O9S2. The van der Waals surface area contributed by atoms with Gasteiger partial charge in [-0.1, -0.05) is 12.1 Å². The van der Waals surface area contributed by atoms with Gasteiger partial charge >= 0.3 is 5.97 Å². The molecule has 13 heteroatoms. The number of aliphatic carboxylic acids is 1. The van der Waals surface area contributed by atoms with E-state index in [2.05, 4.69) is 4.18 Å². The van der Waals surface area contributed by atoms with Crippen molar-refractivity contribution in [3.05, 3.63) is 34.4 Å². The summed E-state index contributed by atoms with van der Waals surface area (Å²) in [6, 6.07) is 4.57. The second kappa shape index (κ2) is 8.33. The molecule has 25 heavy (non-hydrogen) atoms. The highest BCUT2D eigenvalue weighted by Crippen LogP contribution is 2.26. The Kier molecular flexibility index (Phi) is 6.98. The van der Waals surface area contributed by atoms with Gasteiger partial charge in [0.05, 0.1) is 24.2 Å². The van der Waals surface area contributed by atoms with Crippen LogP contribution in [0, 0.1) is 10.1 Å². The maximum atomic E-state index is 12.6. The maximum Gasteiger partial charge on any atom is 0.304 e. The zero-order valence-electron chi connectivity index (χ0n) is 13.1. The van der Waals surface area contributed by atoms with Crippen molar-refractivity contribution in [3.63, 3.8) is 0 Å². The summed E-state index contributed by atoms with van der Waals surface area (Å²) in [4.78, 5) is 20.2. The zero-order valence-corrected chi connectivity index (χ0v) is 14.7. The van der Waals surface area contributed by atoms with Gasteiger partial charge in [0.25, 0.3) is 15.8 Å². The van der Waals surface area contributed by atoms with E-state index in [1.165, 1.54) is 12.1 Å². The predicted octanol–water partition coefficient (Wildman–Crippen LogP) is 0.0364. The summed E-state index contributed by atoms with van der Waals surface area (Å²) in [5, 5.41) is 19.8. The van der Waals surface area contributed by atoms with Gasteiger partial charge in [-0.2, -0.15) is 12.7 Å². The monoisotopic (exact) mass is 396 g/mol. The number of sulfonamides is 1. The molecule has 0 atom stereocenters. The molecule has 1 rings (SSSR count). The first-order chi connectivity index (χ1) is 11.4. The molecule has 0 aliphatic rings. The van der Waals surface area contributed by atoms with E-state index < -0.39 is 67.7 Å². The molecule has 0 radical (unpaired) electrons. The van der Waals surface area contributed by atoms with Gasteiger partial charge in [0.1, 0.15) is 0 Å². The fourth-order valence-corrected chi connectivity index (χ4v) is 3.79. The molecule has 0 bridgehead atoms. The summed E-state index contributed by atoms with van der Waals surface area (Å²) in [6.07, 6.45) is 0.198. The Morgan fingerprint density at radius 2 is 1.84 bits per heavy atom. The molecule has 11 nitrogen and oxygen atoms in total. The second-order valence-corrected chi connectivity index (χ2v) is 8.35. The third-order valence-electron chi connectivity index (χ3n) is 2.89. The van der Waals surface area contributed by atoms with Gasteiger partial charge < -0.3 is 5.11 Å². The first kappa shape index (κ1) is 21.0. The average Bonchev–Trinajstić information content (AvgIpc) is 2.49. The van der Waals surface area contributed by atoms with E-state index >= 15 is 0 Å². The van der Waals surface area contributed by atoms with Crippen molar-refractivity contribution in [2.45, 2.75) is 11.3 Å². The number of rotatable bonds is 10. The molecule has 140 valence electrons. The van der Waals surface area contributed by atoms with Crippen LogP contribution in [0.5, 0.6) is 0 Å². The van der Waals surface area contributed by atoms with Crippen molar-refractivity contribution in [1.82, 2.24) is 4.31 Å². The van der Waals surface area contributed by atoms with Crippen molar-refractivity contribution in [1.29, 1.82) is 0 Å². The lowest BCUT2D eigenvalue weighted by Gasteiger charge is -2.21. The van der Waals surface area contributed by atoms with Crippen LogP contribution in [0.1, 0.15) is 6.42 Å². The van der Waals surface area contributed by atoms with Crippen LogP contribution in [0.15, 0.2) is 29.2 Å². The SMILES string of the molecule is CS(=O)(=O)OCCN(CCC(=O)O)S(=O)(=O)c1ccccc1[N+](=O)[O-]. The smallest absolute Gasteiger partial charge is 0.304 e. The van der Waals surface area contributed by atoms with Gasteiger partial charge in [0, 0.05) is 19.2 Å². The molecule has 0 saturated heterocycles. The Balaban J connectivity index is 3.18. The van der Waals surface area contributed by atoms with Gasteiger partial charge in [-0.15, -0.1) is 0 Å². The van der Waals surface area contributed by atoms with Crippen LogP contribution in [0.2, 0.25) is 0 Å². The summed E-state index contributed by atoms with van der Waals surface area (Å²) in [7, 11) is -8.27. The Morgan fingerprint density at radius 1 is 1.24 bits per heavy atom. The Bertz CT molecular complexity index is 849. The first-order valence-corrected chi connectivity index (χ1v) is 10.0. The molecule has 1 aromatic carbocycles. The summed E-state index contributed by atoms with van der Waals surface area (Å²) in [5.74, 6) is -1.29. The van der Waals surface area contributed by atoms with Gasteiger partial charge in [-0.25, -0.2) is 8.42 Å². The van der Waals surface area contributed by atoms with E-state index in [1.807, 2.05) is 0 Å². The fourth-order valence-electron chi connectivity index (χ4n) is 1.83. The minimum atomic E-state index is -4.44. The van der Waals surface area contributed by atoms with Crippen molar-refractivity contribution in [3.8, 4) is 0 Å². The maximum absolute atomic E-state index is 12.6. The quantitative estimate of drug-likeness (QED) is 0.327. The highest BCUT2D eigenvalue weighted by molar-refractivity contribution is 7.89. The molecule has 0 amide bonds. The number of carboxylic acid groups (broad SMARTS) is 1. The number of nitro benzene ring substituents is 1. The minimum absolute atomic E-state index is 0.491. The number of hydrogen-bond donors (Lipinski definition) is 1. The minimum Gasteiger partial charge on any atom is -0.481 e. The van der Waals surface area contributed by atoms with Crippen LogP contribution < -0.4 is 0 Å². The van der Waals surface area contributed by atoms with E-state index in [0.29, 0.717) is 4.31 Å². The number of carboxylic acids is 1. The molecule has 0 spiro atoms. The van der Waals surface area contributed by atoms with Crippen molar-refractivity contribution in [2.75, 3.05) is 26.0 Å². The molecule has 0 aliphatic heterocycles. The summed E-state index contributed by atoms with van der Waals surface area (Å²) in [5.41, 5.74) is -0.674. The molecule has 1 N–H and O–H groups in total. The number of hydrogen-bond acceptors (Lipinski definition) is 8. The molecular weight excluding hydrogens is 380 g/mol. The van der Waals surface area contributed by atoms with Crippen molar-refractivity contribution < 1.29 is 35.8 Å². The highest BCUT2D eigenvalue weighted by atomic mass is 32.2. The normalized spacial score (nSPS) is 12.2. The van der Waals surface area contributed by atoms with Gasteiger partial charge in [0.15, 0.2) is 4.90 Å². The van der Waals surface area contributed by atoms with Crippen molar-refractivity contribution in [2.24, 2.45) is 0 Å². The molecule has 0 unspecified atom stereocenters. The summed E-state index contributed by atoms with van der Waals surface area (Å²) < 4.78 is 52.3. The van der Waals surface area contributed by atoms with Crippen LogP contribution in [0.4, 0.5) is 5.69 Å². The van der Waals surface area contributed by atoms with Gasteiger partial charge in [-0.3, -0.25) is 19.1 Å². The van der Waals surface area contributed by atoms with E-state index in [-0.39, 0.29) is 0 Å². The summed E-state index contributed by atoms with van der Waals surface area (Å²) >= 11 is 0. The van der Waals surface area contributed by atoms with Crippen molar-refractivity contribution >= 4 is 31.8 Å². The van der Waals surface area contributed by atoms with Gasteiger partial charge in [0.2, 0.25) is 10.0 Å². The van der Waals surface area contributed by atoms with Crippen LogP contribution in [-0.4, -0.2) is 63.1 Å². The molecule has 0 aromatic heterocycles. The summed E-state index contributed by atoms with van der Waals surface area (Å²) in [6.45, 7) is -1.55. The number of nitrogens with zero attached hydrogens (tertiary/aromatic N) is 2. The van der Waals surface area contributed by atoms with E-state index in [0.717, 1.165) is 18.4 Å². The highest BCUT2D eigenvalue weighted by Gasteiger charge is 2.31. The van der Waals surface area contributed by atoms with E-state index in [1.54, 1.807) is 0 Å². The van der Waals surface area contributed by atoms with E-state index in [4.69, 9.17) is 5.11 Å². The molecule has 0 saturated carbocycles. The lowest BCUT2D eigenvalue weighted by atomic mass is 10.3. The standard InChI is InChI=1S/C12H16N2O9S2/c1-24(19,20)23-9-8-13(7-6-12(15)16)25(21,22)11-5-3-2-4-10(11)14(17)18/h2-5H,6-9H2,1H3,(H,15,16). The molecule has 0 heterocycles.